The molecule has 4 heteroatoms. The lowest BCUT2D eigenvalue weighted by molar-refractivity contribution is 0.318. The number of oxime groups is 1. The summed E-state index contributed by atoms with van der Waals surface area (Å²) < 4.78 is 0. The molecular weight excluding hydrogens is 148 g/mol. The monoisotopic (exact) mass is 162 g/mol. The highest BCUT2D eigenvalue weighted by molar-refractivity contribution is 8.00. The number of thioether (sulfide) groups is 1. The van der Waals surface area contributed by atoms with Gasteiger partial charge in [-0.1, -0.05) is 19.0 Å². The molecule has 0 rings (SSSR count). The smallest absolute Gasteiger partial charge is 0.149 e. The fourth-order valence-corrected chi connectivity index (χ4v) is 1.12. The lowest BCUT2D eigenvalue weighted by Crippen LogP contribution is -2.15. The Labute approximate surface area is 65.7 Å². The van der Waals surface area contributed by atoms with Crippen LogP contribution in [0, 0.1) is 0 Å². The molecule has 0 radical (unpaired) electrons. The Morgan fingerprint density at radius 3 is 2.80 bits per heavy atom. The number of amidine groups is 1. The quantitative estimate of drug-likeness (QED) is 0.283. The van der Waals surface area contributed by atoms with Crippen LogP contribution in [0.5, 0.6) is 0 Å². The second kappa shape index (κ2) is 5.41. The van der Waals surface area contributed by atoms with Gasteiger partial charge < -0.3 is 10.9 Å². The van der Waals surface area contributed by atoms with Gasteiger partial charge in [-0.25, -0.2) is 0 Å². The van der Waals surface area contributed by atoms with E-state index in [1.807, 2.05) is 0 Å². The maximum atomic E-state index is 8.17. The summed E-state index contributed by atoms with van der Waals surface area (Å²) >= 11 is 1.69. The minimum Gasteiger partial charge on any atom is -0.409 e. The normalized spacial score (nSPS) is 15.2. The highest BCUT2D eigenvalue weighted by Gasteiger charge is 1.99. The molecule has 0 aliphatic heterocycles. The molecule has 1 atom stereocenters. The van der Waals surface area contributed by atoms with Crippen molar-refractivity contribution in [3.05, 3.63) is 0 Å². The molecule has 3 N–H and O–H groups in total. The van der Waals surface area contributed by atoms with Crippen molar-refractivity contribution in [2.24, 2.45) is 10.9 Å². The van der Waals surface area contributed by atoms with E-state index >= 15 is 0 Å². The van der Waals surface area contributed by atoms with Crippen molar-refractivity contribution < 1.29 is 5.21 Å². The largest absolute Gasteiger partial charge is 0.409 e. The van der Waals surface area contributed by atoms with Crippen LogP contribution in [0.2, 0.25) is 0 Å². The number of hydrogen-bond donors (Lipinski definition) is 2. The van der Waals surface area contributed by atoms with Gasteiger partial charge in [0.2, 0.25) is 0 Å². The number of nitrogens with zero attached hydrogens (tertiary/aromatic N) is 1. The molecule has 3 nitrogen and oxygen atoms in total. The average molecular weight is 162 g/mol. The van der Waals surface area contributed by atoms with E-state index in [-0.39, 0.29) is 0 Å². The first-order valence-corrected chi connectivity index (χ1v) is 4.33. The van der Waals surface area contributed by atoms with Crippen molar-refractivity contribution in [1.29, 1.82) is 0 Å². The average Bonchev–Trinajstić information content (AvgIpc) is 1.99. The Hall–Kier alpha value is -0.380. The zero-order valence-corrected chi connectivity index (χ0v) is 7.19. The van der Waals surface area contributed by atoms with Gasteiger partial charge in [0.05, 0.1) is 5.75 Å². The van der Waals surface area contributed by atoms with E-state index in [0.29, 0.717) is 16.8 Å². The van der Waals surface area contributed by atoms with E-state index in [0.717, 1.165) is 6.42 Å². The summed E-state index contributed by atoms with van der Waals surface area (Å²) in [7, 11) is 0. The third-order valence-corrected chi connectivity index (χ3v) is 2.58. The van der Waals surface area contributed by atoms with Crippen LogP contribution in [0.15, 0.2) is 5.16 Å². The van der Waals surface area contributed by atoms with Crippen LogP contribution < -0.4 is 5.73 Å². The summed E-state index contributed by atoms with van der Waals surface area (Å²) in [5.41, 5.74) is 5.26. The minimum absolute atomic E-state index is 0.297. The standard InChI is InChI=1S/C6H14N2OS/c1-3-5(2)10-4-6(7)8-9/h5,9H,3-4H2,1-2H3,(H2,7,8). The fraction of sp³-hybridized carbons (Fsp3) is 0.833. The minimum atomic E-state index is 0.297. The first-order valence-electron chi connectivity index (χ1n) is 3.28. The molecule has 0 aromatic rings. The molecule has 0 spiro atoms. The molecule has 0 aromatic carbocycles. The molecule has 10 heavy (non-hydrogen) atoms. The Kier molecular flexibility index (Phi) is 5.20. The second-order valence-electron chi connectivity index (χ2n) is 2.12. The van der Waals surface area contributed by atoms with Gasteiger partial charge in [0, 0.05) is 5.25 Å². The first kappa shape index (κ1) is 9.62. The van der Waals surface area contributed by atoms with Crippen molar-refractivity contribution in [2.75, 3.05) is 5.75 Å². The Morgan fingerprint density at radius 1 is 1.80 bits per heavy atom. The van der Waals surface area contributed by atoms with Crippen LogP contribution in [0.1, 0.15) is 20.3 Å². The van der Waals surface area contributed by atoms with Gasteiger partial charge in [-0.05, 0) is 6.42 Å². The Morgan fingerprint density at radius 2 is 2.40 bits per heavy atom. The second-order valence-corrected chi connectivity index (χ2v) is 3.55. The van der Waals surface area contributed by atoms with Crippen LogP contribution in [-0.2, 0) is 0 Å². The zero-order valence-electron chi connectivity index (χ0n) is 6.37. The van der Waals surface area contributed by atoms with E-state index in [4.69, 9.17) is 10.9 Å². The van der Waals surface area contributed by atoms with Crippen LogP contribution in [0.3, 0.4) is 0 Å². The highest BCUT2D eigenvalue weighted by atomic mass is 32.2. The summed E-state index contributed by atoms with van der Waals surface area (Å²) in [6, 6.07) is 0. The van der Waals surface area contributed by atoms with Gasteiger partial charge >= 0.3 is 0 Å². The maximum absolute atomic E-state index is 8.17. The zero-order chi connectivity index (χ0) is 7.98. The molecule has 0 fully saturated rings. The van der Waals surface area contributed by atoms with Crippen molar-refractivity contribution >= 4 is 17.6 Å². The molecule has 0 aliphatic rings. The highest BCUT2D eigenvalue weighted by Crippen LogP contribution is 2.12. The molecule has 60 valence electrons. The molecule has 0 aliphatic carbocycles. The molecular formula is C6H14N2OS. The van der Waals surface area contributed by atoms with Gasteiger partial charge in [-0.2, -0.15) is 11.8 Å². The molecule has 0 aromatic heterocycles. The van der Waals surface area contributed by atoms with Crippen molar-refractivity contribution in [2.45, 2.75) is 25.5 Å². The van der Waals surface area contributed by atoms with E-state index in [1.165, 1.54) is 0 Å². The number of rotatable bonds is 4. The van der Waals surface area contributed by atoms with E-state index in [9.17, 15) is 0 Å². The molecule has 0 bridgehead atoms. The van der Waals surface area contributed by atoms with Gasteiger partial charge in [-0.15, -0.1) is 0 Å². The molecule has 0 amide bonds. The van der Waals surface area contributed by atoms with E-state index in [1.54, 1.807) is 11.8 Å². The van der Waals surface area contributed by atoms with Crippen molar-refractivity contribution in [3.63, 3.8) is 0 Å². The molecule has 1 unspecified atom stereocenters. The van der Waals surface area contributed by atoms with E-state index < -0.39 is 0 Å². The van der Waals surface area contributed by atoms with E-state index in [2.05, 4.69) is 19.0 Å². The summed E-state index contributed by atoms with van der Waals surface area (Å²) in [6.07, 6.45) is 1.11. The molecule has 0 heterocycles. The molecule has 0 saturated heterocycles. The van der Waals surface area contributed by atoms with Crippen LogP contribution in [0.25, 0.3) is 0 Å². The maximum Gasteiger partial charge on any atom is 0.149 e. The van der Waals surface area contributed by atoms with Crippen LogP contribution >= 0.6 is 11.8 Å². The van der Waals surface area contributed by atoms with Gasteiger partial charge in [0.25, 0.3) is 0 Å². The third-order valence-electron chi connectivity index (χ3n) is 1.22. The molecule has 0 saturated carbocycles. The first-order chi connectivity index (χ1) is 4.70. The summed E-state index contributed by atoms with van der Waals surface area (Å²) in [6.45, 7) is 4.24. The predicted molar refractivity (Wildman–Crippen MR) is 45.6 cm³/mol. The predicted octanol–water partition coefficient (Wildman–Crippen LogP) is 1.26. The van der Waals surface area contributed by atoms with Crippen LogP contribution in [-0.4, -0.2) is 22.0 Å². The Bertz CT molecular complexity index is 116. The Balaban J connectivity index is 3.35. The summed E-state index contributed by atoms with van der Waals surface area (Å²) in [5.74, 6) is 0.913. The van der Waals surface area contributed by atoms with Crippen LogP contribution in [0.4, 0.5) is 0 Å². The van der Waals surface area contributed by atoms with Crippen molar-refractivity contribution in [3.8, 4) is 0 Å². The lowest BCUT2D eigenvalue weighted by Gasteiger charge is -2.05. The van der Waals surface area contributed by atoms with Crippen molar-refractivity contribution in [1.82, 2.24) is 0 Å². The van der Waals surface area contributed by atoms with Gasteiger partial charge in [0.1, 0.15) is 5.84 Å². The number of hydrogen-bond acceptors (Lipinski definition) is 3. The summed E-state index contributed by atoms with van der Waals surface area (Å²) in [4.78, 5) is 0. The fourth-order valence-electron chi connectivity index (χ4n) is 0.374. The topological polar surface area (TPSA) is 58.6 Å². The SMILES string of the molecule is CCC(C)SC/C(N)=N/O. The van der Waals surface area contributed by atoms with Gasteiger partial charge in [0.15, 0.2) is 0 Å². The third kappa shape index (κ3) is 4.49. The number of nitrogens with two attached hydrogens (primary N) is 1. The lowest BCUT2D eigenvalue weighted by atomic mass is 10.4. The summed E-state index contributed by atoms with van der Waals surface area (Å²) in [5, 5.41) is 11.6. The van der Waals surface area contributed by atoms with Gasteiger partial charge in [-0.3, -0.25) is 0 Å².